The van der Waals surface area contributed by atoms with Gasteiger partial charge in [0.2, 0.25) is 0 Å². The van der Waals surface area contributed by atoms with E-state index in [2.05, 4.69) is 6.58 Å². The SMILES string of the molecule is C=CCOc1ccc(C=C2C(=O)N(CCc3ccc(OC)c(OC)c3)C(C)=C2C(=O)OC)cc1. The van der Waals surface area contributed by atoms with Crippen LogP contribution in [0.1, 0.15) is 18.1 Å². The van der Waals surface area contributed by atoms with E-state index in [9.17, 15) is 9.59 Å². The first-order valence-electron chi connectivity index (χ1n) is 10.8. The lowest BCUT2D eigenvalue weighted by Crippen LogP contribution is -2.27. The third kappa shape index (κ3) is 5.31. The molecule has 0 unspecified atom stereocenters. The lowest BCUT2D eigenvalue weighted by atomic mass is 10.0. The molecule has 1 amide bonds. The molecule has 1 heterocycles. The number of nitrogens with zero attached hydrogens (tertiary/aromatic N) is 1. The first-order valence-corrected chi connectivity index (χ1v) is 10.8. The van der Waals surface area contributed by atoms with Crippen LogP contribution in [0.3, 0.4) is 0 Å². The summed E-state index contributed by atoms with van der Waals surface area (Å²) in [5.74, 6) is 1.16. The molecule has 7 heteroatoms. The van der Waals surface area contributed by atoms with E-state index in [1.165, 1.54) is 7.11 Å². The highest BCUT2D eigenvalue weighted by Crippen LogP contribution is 2.33. The van der Waals surface area contributed by atoms with Crippen molar-refractivity contribution in [3.8, 4) is 17.2 Å². The predicted molar refractivity (Wildman–Crippen MR) is 130 cm³/mol. The van der Waals surface area contributed by atoms with Gasteiger partial charge in [-0.15, -0.1) is 0 Å². The van der Waals surface area contributed by atoms with Crippen molar-refractivity contribution >= 4 is 18.0 Å². The Hall–Kier alpha value is -4.00. The van der Waals surface area contributed by atoms with E-state index in [0.717, 1.165) is 11.1 Å². The number of carbonyl (C=O) groups excluding carboxylic acids is 2. The van der Waals surface area contributed by atoms with Crippen LogP contribution in [-0.2, 0) is 20.7 Å². The molecule has 34 heavy (non-hydrogen) atoms. The number of hydrogen-bond acceptors (Lipinski definition) is 6. The summed E-state index contributed by atoms with van der Waals surface area (Å²) in [6, 6.07) is 12.9. The minimum absolute atomic E-state index is 0.245. The summed E-state index contributed by atoms with van der Waals surface area (Å²) in [6.07, 6.45) is 3.94. The summed E-state index contributed by atoms with van der Waals surface area (Å²) in [7, 11) is 4.47. The molecule has 2 aromatic carbocycles. The van der Waals surface area contributed by atoms with Crippen molar-refractivity contribution in [3.63, 3.8) is 0 Å². The van der Waals surface area contributed by atoms with Gasteiger partial charge in [-0.3, -0.25) is 4.79 Å². The maximum Gasteiger partial charge on any atom is 0.340 e. The number of methoxy groups -OCH3 is 3. The highest BCUT2D eigenvalue weighted by atomic mass is 16.5. The number of ether oxygens (including phenoxy) is 4. The Morgan fingerprint density at radius 2 is 1.74 bits per heavy atom. The van der Waals surface area contributed by atoms with Crippen molar-refractivity contribution < 1.29 is 28.5 Å². The van der Waals surface area contributed by atoms with Crippen LogP contribution in [0.5, 0.6) is 17.2 Å². The summed E-state index contributed by atoms with van der Waals surface area (Å²) in [5, 5.41) is 0. The third-order valence-corrected chi connectivity index (χ3v) is 5.53. The molecule has 178 valence electrons. The van der Waals surface area contributed by atoms with E-state index in [1.807, 2.05) is 30.3 Å². The van der Waals surface area contributed by atoms with Crippen molar-refractivity contribution in [2.45, 2.75) is 13.3 Å². The standard InChI is InChI=1S/C27H29NO6/c1-6-15-34-21-10-7-19(8-11-21)16-22-25(27(30)33-5)18(2)28(26(22)29)14-13-20-9-12-23(31-3)24(17-20)32-4/h6-12,16-17H,1,13-15H2,2-5H3. The normalized spacial score (nSPS) is 14.4. The lowest BCUT2D eigenvalue weighted by molar-refractivity contribution is -0.136. The van der Waals surface area contributed by atoms with E-state index in [1.54, 1.807) is 50.3 Å². The predicted octanol–water partition coefficient (Wildman–Crippen LogP) is 4.18. The van der Waals surface area contributed by atoms with Gasteiger partial charge in [0, 0.05) is 12.2 Å². The molecule has 0 aliphatic carbocycles. The number of hydrogen-bond donors (Lipinski definition) is 0. The first-order chi connectivity index (χ1) is 16.4. The van der Waals surface area contributed by atoms with Gasteiger partial charge in [-0.1, -0.05) is 30.9 Å². The van der Waals surface area contributed by atoms with E-state index in [0.29, 0.717) is 48.1 Å². The molecule has 0 aromatic heterocycles. The van der Waals surface area contributed by atoms with Gasteiger partial charge in [0.05, 0.1) is 32.5 Å². The average Bonchev–Trinajstić information content (AvgIpc) is 3.10. The summed E-state index contributed by atoms with van der Waals surface area (Å²) >= 11 is 0. The van der Waals surface area contributed by atoms with E-state index in [-0.39, 0.29) is 11.5 Å². The molecule has 1 aliphatic rings. The number of rotatable bonds is 10. The topological polar surface area (TPSA) is 74.3 Å². The van der Waals surface area contributed by atoms with Gasteiger partial charge in [-0.25, -0.2) is 4.79 Å². The van der Waals surface area contributed by atoms with Crippen molar-refractivity contribution in [2.24, 2.45) is 0 Å². The molecule has 0 fully saturated rings. The maximum absolute atomic E-state index is 13.3. The fraction of sp³-hybridized carbons (Fsp3) is 0.259. The first kappa shape index (κ1) is 24.6. The molecule has 0 spiro atoms. The molecule has 0 bridgehead atoms. The van der Waals surface area contributed by atoms with E-state index in [4.69, 9.17) is 18.9 Å². The van der Waals surface area contributed by atoms with Gasteiger partial charge < -0.3 is 23.8 Å². The Bertz CT molecular complexity index is 1130. The average molecular weight is 464 g/mol. The molecular weight excluding hydrogens is 434 g/mol. The van der Waals surface area contributed by atoms with Gasteiger partial charge in [-0.2, -0.15) is 0 Å². The quantitative estimate of drug-likeness (QED) is 0.299. The van der Waals surface area contributed by atoms with Crippen molar-refractivity contribution in [1.82, 2.24) is 4.90 Å². The van der Waals surface area contributed by atoms with Gasteiger partial charge in [-0.05, 0) is 54.8 Å². The third-order valence-electron chi connectivity index (χ3n) is 5.53. The molecule has 1 aliphatic heterocycles. The van der Waals surface area contributed by atoms with Crippen LogP contribution in [-0.4, -0.2) is 51.3 Å². The Kier molecular flexibility index (Phi) is 8.14. The van der Waals surface area contributed by atoms with Crippen LogP contribution in [0.15, 0.2) is 72.0 Å². The molecule has 0 saturated carbocycles. The van der Waals surface area contributed by atoms with E-state index < -0.39 is 5.97 Å². The molecule has 0 saturated heterocycles. The molecule has 2 aromatic rings. The number of esters is 1. The van der Waals surface area contributed by atoms with Crippen molar-refractivity contribution in [3.05, 3.63) is 83.1 Å². The Morgan fingerprint density at radius 1 is 1.03 bits per heavy atom. The molecule has 0 N–H and O–H groups in total. The second kappa shape index (κ2) is 11.2. The Labute approximate surface area is 199 Å². The highest BCUT2D eigenvalue weighted by molar-refractivity contribution is 6.16. The van der Waals surface area contributed by atoms with Crippen LogP contribution in [0.4, 0.5) is 0 Å². The smallest absolute Gasteiger partial charge is 0.340 e. The number of allylic oxidation sites excluding steroid dienone is 1. The zero-order chi connectivity index (χ0) is 24.7. The summed E-state index contributed by atoms with van der Waals surface area (Å²) in [4.78, 5) is 27.5. The molecule has 7 nitrogen and oxygen atoms in total. The van der Waals surface area contributed by atoms with Gasteiger partial charge in [0.15, 0.2) is 11.5 Å². The number of carbonyl (C=O) groups is 2. The van der Waals surface area contributed by atoms with Crippen LogP contribution in [0.25, 0.3) is 6.08 Å². The fourth-order valence-electron chi connectivity index (χ4n) is 3.76. The van der Waals surface area contributed by atoms with Gasteiger partial charge >= 0.3 is 5.97 Å². The second-order valence-electron chi connectivity index (χ2n) is 7.57. The largest absolute Gasteiger partial charge is 0.493 e. The summed E-state index contributed by atoms with van der Waals surface area (Å²) in [5.41, 5.74) is 2.88. The zero-order valence-corrected chi connectivity index (χ0v) is 19.9. The van der Waals surface area contributed by atoms with Crippen molar-refractivity contribution in [1.29, 1.82) is 0 Å². The monoisotopic (exact) mass is 463 g/mol. The lowest BCUT2D eigenvalue weighted by Gasteiger charge is -2.18. The van der Waals surface area contributed by atoms with Crippen LogP contribution in [0.2, 0.25) is 0 Å². The molecule has 0 atom stereocenters. The maximum atomic E-state index is 13.3. The van der Waals surface area contributed by atoms with Crippen LogP contribution < -0.4 is 14.2 Å². The zero-order valence-electron chi connectivity index (χ0n) is 19.9. The van der Waals surface area contributed by atoms with Crippen molar-refractivity contribution in [2.75, 3.05) is 34.5 Å². The Balaban J connectivity index is 1.85. The second-order valence-corrected chi connectivity index (χ2v) is 7.57. The molecule has 0 radical (unpaired) electrons. The van der Waals surface area contributed by atoms with Crippen LogP contribution in [0, 0.1) is 0 Å². The summed E-state index contributed by atoms with van der Waals surface area (Å²) in [6.45, 7) is 6.19. The Morgan fingerprint density at radius 3 is 2.35 bits per heavy atom. The number of amides is 1. The highest BCUT2D eigenvalue weighted by Gasteiger charge is 2.36. The minimum Gasteiger partial charge on any atom is -0.493 e. The minimum atomic E-state index is -0.545. The van der Waals surface area contributed by atoms with Crippen LogP contribution >= 0.6 is 0 Å². The van der Waals surface area contributed by atoms with E-state index >= 15 is 0 Å². The molecular formula is C27H29NO6. The number of benzene rings is 2. The van der Waals surface area contributed by atoms with Gasteiger partial charge in [0.25, 0.3) is 5.91 Å². The van der Waals surface area contributed by atoms with Gasteiger partial charge in [0.1, 0.15) is 12.4 Å². The summed E-state index contributed by atoms with van der Waals surface area (Å²) < 4.78 is 21.1. The molecule has 3 rings (SSSR count). The fourth-order valence-corrected chi connectivity index (χ4v) is 3.76.